The Morgan fingerprint density at radius 3 is 2.61 bits per heavy atom. The van der Waals surface area contributed by atoms with Gasteiger partial charge in [-0.2, -0.15) is 0 Å². The van der Waals surface area contributed by atoms with Crippen molar-refractivity contribution in [1.29, 1.82) is 0 Å². The summed E-state index contributed by atoms with van der Waals surface area (Å²) in [6, 6.07) is 19.1. The van der Waals surface area contributed by atoms with Crippen molar-refractivity contribution in [2.75, 3.05) is 19.0 Å². The lowest BCUT2D eigenvalue weighted by molar-refractivity contribution is -0.144. The van der Waals surface area contributed by atoms with Crippen molar-refractivity contribution in [2.45, 2.75) is 45.7 Å². The van der Waals surface area contributed by atoms with Crippen LogP contribution in [0.2, 0.25) is 5.02 Å². The number of carboxylic acid groups (broad SMARTS) is 1. The molecule has 224 valence electrons. The summed E-state index contributed by atoms with van der Waals surface area (Å²) < 4.78 is 5.68. The number of hydrogen-bond donors (Lipinski definition) is 2. The smallest absolute Gasteiger partial charge is 0.320 e. The van der Waals surface area contributed by atoms with Crippen molar-refractivity contribution >= 4 is 40.1 Å². The number of halogens is 1. The summed E-state index contributed by atoms with van der Waals surface area (Å²) in [6.07, 6.45) is 4.27. The summed E-state index contributed by atoms with van der Waals surface area (Å²) >= 11 is 7.10. The van der Waals surface area contributed by atoms with Crippen molar-refractivity contribution in [3.8, 4) is 28.3 Å². The highest BCUT2D eigenvalue weighted by molar-refractivity contribution is 6.36. The van der Waals surface area contributed by atoms with Crippen molar-refractivity contribution in [2.24, 2.45) is 0 Å². The third-order valence-electron chi connectivity index (χ3n) is 8.12. The molecule has 0 amide bonds. The first kappa shape index (κ1) is 29.5. The third-order valence-corrected chi connectivity index (χ3v) is 8.53. The Hall–Kier alpha value is -4.60. The molecule has 3 aromatic heterocycles. The molecule has 2 aromatic carbocycles. The van der Waals surface area contributed by atoms with Crippen molar-refractivity contribution in [3.05, 3.63) is 88.8 Å². The number of carboxylic acids is 1. The van der Waals surface area contributed by atoms with Gasteiger partial charge in [-0.1, -0.05) is 54.4 Å². The topological polar surface area (TPSA) is 113 Å². The molecule has 1 aliphatic rings. The van der Waals surface area contributed by atoms with Crippen LogP contribution in [0.5, 0.6) is 5.88 Å². The largest absolute Gasteiger partial charge is 0.481 e. The number of ether oxygens (including phenoxy) is 1. The molecular weight excluding hydrogens is 576 g/mol. The van der Waals surface area contributed by atoms with Crippen LogP contribution in [0, 0.1) is 13.8 Å². The highest BCUT2D eigenvalue weighted by Gasteiger charge is 2.29. The minimum atomic E-state index is -0.788. The second-order valence-corrected chi connectivity index (χ2v) is 11.3. The molecule has 4 heterocycles. The highest BCUT2D eigenvalue weighted by atomic mass is 35.5. The van der Waals surface area contributed by atoms with Gasteiger partial charge in [-0.15, -0.1) is 0 Å². The van der Waals surface area contributed by atoms with Crippen LogP contribution in [-0.2, 0) is 11.3 Å². The van der Waals surface area contributed by atoms with Gasteiger partial charge in [0.2, 0.25) is 5.88 Å². The number of piperidine rings is 1. The first-order valence-electron chi connectivity index (χ1n) is 14.6. The number of aliphatic carboxylic acids is 1. The van der Waals surface area contributed by atoms with Crippen LogP contribution >= 0.6 is 11.6 Å². The quantitative estimate of drug-likeness (QED) is 0.188. The van der Waals surface area contributed by atoms with E-state index in [9.17, 15) is 9.90 Å². The molecule has 0 saturated carbocycles. The fourth-order valence-electron chi connectivity index (χ4n) is 5.89. The zero-order chi connectivity index (χ0) is 30.8. The Bertz CT molecular complexity index is 1860. The number of methoxy groups -OCH3 is 1. The monoisotopic (exact) mass is 608 g/mol. The average molecular weight is 609 g/mol. The Labute approximate surface area is 260 Å². The van der Waals surface area contributed by atoms with Gasteiger partial charge >= 0.3 is 5.97 Å². The van der Waals surface area contributed by atoms with Crippen LogP contribution in [0.4, 0.5) is 11.5 Å². The van der Waals surface area contributed by atoms with Gasteiger partial charge in [0.25, 0.3) is 0 Å². The molecular formula is C34H33ClN6O3. The van der Waals surface area contributed by atoms with E-state index in [4.69, 9.17) is 21.3 Å². The molecule has 0 unspecified atom stereocenters. The third kappa shape index (κ3) is 5.80. The second kappa shape index (κ2) is 12.6. The molecule has 0 radical (unpaired) electrons. The fourth-order valence-corrected chi connectivity index (χ4v) is 6.22. The van der Waals surface area contributed by atoms with E-state index in [1.165, 1.54) is 0 Å². The number of hydrogen-bond acceptors (Lipinski definition) is 8. The number of pyridine rings is 2. The van der Waals surface area contributed by atoms with Gasteiger partial charge < -0.3 is 15.2 Å². The Balaban J connectivity index is 1.32. The zero-order valence-electron chi connectivity index (χ0n) is 24.8. The lowest BCUT2D eigenvalue weighted by Gasteiger charge is -2.33. The summed E-state index contributed by atoms with van der Waals surface area (Å²) in [5.41, 5.74) is 7.49. The van der Waals surface area contributed by atoms with E-state index < -0.39 is 12.0 Å². The van der Waals surface area contributed by atoms with Gasteiger partial charge in [0.05, 0.1) is 23.3 Å². The predicted molar refractivity (Wildman–Crippen MR) is 172 cm³/mol. The van der Waals surface area contributed by atoms with E-state index in [1.54, 1.807) is 13.3 Å². The fraction of sp³-hybridized carbons (Fsp3) is 0.265. The Morgan fingerprint density at radius 1 is 1.00 bits per heavy atom. The summed E-state index contributed by atoms with van der Waals surface area (Å²) in [4.78, 5) is 32.2. The van der Waals surface area contributed by atoms with Gasteiger partial charge in [0.1, 0.15) is 17.4 Å². The molecule has 5 aromatic rings. The van der Waals surface area contributed by atoms with Crippen LogP contribution in [0.15, 0.2) is 66.9 Å². The first-order valence-corrected chi connectivity index (χ1v) is 15.0. The number of fused-ring (bicyclic) bond motifs is 1. The Kier molecular flexibility index (Phi) is 8.41. The van der Waals surface area contributed by atoms with E-state index in [2.05, 4.69) is 20.3 Å². The average Bonchev–Trinajstić information content (AvgIpc) is 3.02. The number of nitrogens with zero attached hydrogens (tertiary/aromatic N) is 5. The van der Waals surface area contributed by atoms with Crippen LogP contribution in [0.25, 0.3) is 33.4 Å². The molecule has 1 fully saturated rings. The maximum absolute atomic E-state index is 11.8. The highest BCUT2D eigenvalue weighted by Crippen LogP contribution is 2.40. The number of likely N-dealkylation sites (tertiary alicyclic amines) is 1. The van der Waals surface area contributed by atoms with Crippen LogP contribution in [0.3, 0.4) is 0 Å². The van der Waals surface area contributed by atoms with E-state index >= 15 is 0 Å². The maximum Gasteiger partial charge on any atom is 0.320 e. The van der Waals surface area contributed by atoms with Gasteiger partial charge in [0.15, 0.2) is 5.82 Å². The molecule has 10 heteroatoms. The number of nitrogens with one attached hydrogen (secondary N) is 1. The summed E-state index contributed by atoms with van der Waals surface area (Å²) in [5.74, 6) is 0.971. The molecule has 44 heavy (non-hydrogen) atoms. The van der Waals surface area contributed by atoms with Gasteiger partial charge in [-0.05, 0) is 68.6 Å². The van der Waals surface area contributed by atoms with Crippen LogP contribution in [0.1, 0.15) is 36.2 Å². The molecule has 0 spiro atoms. The SMILES string of the molecule is COc1nc(-c2cccc(-c3cccc(Nc4nc(C)nc5cccnc45)c3C)c2Cl)ccc1CN1CCCC[C@H]1C(=O)O. The lowest BCUT2D eigenvalue weighted by Crippen LogP contribution is -2.44. The van der Waals surface area contributed by atoms with E-state index in [0.717, 1.165) is 58.4 Å². The molecule has 1 aliphatic heterocycles. The van der Waals surface area contributed by atoms with Gasteiger partial charge in [-0.25, -0.2) is 15.0 Å². The maximum atomic E-state index is 11.8. The first-order chi connectivity index (χ1) is 21.3. The van der Waals surface area contributed by atoms with Crippen molar-refractivity contribution < 1.29 is 14.6 Å². The number of anilines is 2. The number of benzene rings is 2. The molecule has 0 bridgehead atoms. The molecule has 1 saturated heterocycles. The van der Waals surface area contributed by atoms with E-state index in [-0.39, 0.29) is 0 Å². The Morgan fingerprint density at radius 2 is 1.80 bits per heavy atom. The van der Waals surface area contributed by atoms with Crippen molar-refractivity contribution in [3.63, 3.8) is 0 Å². The van der Waals surface area contributed by atoms with Crippen LogP contribution in [-0.4, -0.2) is 55.6 Å². The van der Waals surface area contributed by atoms with E-state index in [1.807, 2.05) is 79.4 Å². The standard InChI is InChI=1S/C34H33ClN6O3/c1-20-23(9-7-12-26(20)39-32-31-28(13-8-17-36-31)37-21(2)38-32)24-10-6-11-25(30(24)35)27-16-15-22(33(40-27)44-3)19-41-18-5-4-14-29(41)34(42)43/h6-13,15-17,29H,4-5,14,18-19H2,1-3H3,(H,42,43)(H,37,38,39)/t29-/m0/s1. The number of carbonyl (C=O) groups is 1. The zero-order valence-corrected chi connectivity index (χ0v) is 25.6. The predicted octanol–water partition coefficient (Wildman–Crippen LogP) is 7.22. The molecule has 1 atom stereocenters. The minimum Gasteiger partial charge on any atom is -0.481 e. The molecule has 6 rings (SSSR count). The van der Waals surface area contributed by atoms with Gasteiger partial charge in [0, 0.05) is 35.1 Å². The van der Waals surface area contributed by atoms with Crippen LogP contribution < -0.4 is 10.1 Å². The van der Waals surface area contributed by atoms with E-state index in [0.29, 0.717) is 46.7 Å². The number of rotatable bonds is 8. The lowest BCUT2D eigenvalue weighted by atomic mass is 9.96. The molecule has 9 nitrogen and oxygen atoms in total. The number of aryl methyl sites for hydroxylation is 1. The van der Waals surface area contributed by atoms with Gasteiger partial charge in [-0.3, -0.25) is 14.7 Å². The number of aromatic nitrogens is 4. The normalized spacial score (nSPS) is 15.3. The molecule has 0 aliphatic carbocycles. The second-order valence-electron chi connectivity index (χ2n) is 10.9. The van der Waals surface area contributed by atoms with Crippen molar-refractivity contribution in [1.82, 2.24) is 24.8 Å². The minimum absolute atomic E-state index is 0.455. The molecule has 2 N–H and O–H groups in total. The summed E-state index contributed by atoms with van der Waals surface area (Å²) in [5, 5.41) is 13.7. The summed E-state index contributed by atoms with van der Waals surface area (Å²) in [7, 11) is 1.58. The summed E-state index contributed by atoms with van der Waals surface area (Å²) in [6.45, 7) is 5.09.